The van der Waals surface area contributed by atoms with Crippen molar-refractivity contribution in [2.75, 3.05) is 6.54 Å². The first-order chi connectivity index (χ1) is 9.86. The van der Waals surface area contributed by atoms with E-state index in [0.717, 1.165) is 24.4 Å². The van der Waals surface area contributed by atoms with Crippen LogP contribution in [0, 0.1) is 0 Å². The molecule has 21 heavy (non-hydrogen) atoms. The molecule has 1 saturated heterocycles. The molecule has 1 amide bonds. The van der Waals surface area contributed by atoms with Crippen molar-refractivity contribution >= 4 is 23.3 Å². The molecule has 1 aliphatic heterocycles. The number of nitrogens with zero attached hydrogens (tertiary/aromatic N) is 4. The summed E-state index contributed by atoms with van der Waals surface area (Å²) in [6.45, 7) is 6.59. The van der Waals surface area contributed by atoms with Crippen LogP contribution in [-0.4, -0.2) is 44.0 Å². The average Bonchev–Trinajstić information content (AvgIpc) is 2.95. The van der Waals surface area contributed by atoms with Gasteiger partial charge in [0.25, 0.3) is 5.91 Å². The number of hydrogen-bond donors (Lipinski definition) is 2. The van der Waals surface area contributed by atoms with Gasteiger partial charge in [0.2, 0.25) is 0 Å². The van der Waals surface area contributed by atoms with Crippen LogP contribution in [0.5, 0.6) is 0 Å². The van der Waals surface area contributed by atoms with Crippen LogP contribution >= 0.6 is 11.5 Å². The minimum Gasteiger partial charge on any atom is -0.409 e. The standard InChI is InChI=1S/C13H21N5O2S/c1-13(2,3)10-9(21-17-15-10)12(19)18-7-5-4-6-8(18)11(14)16-20/h8,20H,4-7H2,1-3H3,(H2,14,16). The van der Waals surface area contributed by atoms with E-state index in [1.165, 1.54) is 0 Å². The van der Waals surface area contributed by atoms with Crippen LogP contribution in [0.15, 0.2) is 5.16 Å². The Kier molecular flexibility index (Phi) is 4.46. The van der Waals surface area contributed by atoms with Crippen molar-refractivity contribution in [3.63, 3.8) is 0 Å². The van der Waals surface area contributed by atoms with Crippen molar-refractivity contribution in [3.05, 3.63) is 10.6 Å². The Labute approximate surface area is 128 Å². The van der Waals surface area contributed by atoms with Crippen LogP contribution < -0.4 is 5.73 Å². The van der Waals surface area contributed by atoms with Gasteiger partial charge in [0.05, 0.1) is 11.7 Å². The Balaban J connectivity index is 2.32. The molecule has 1 aromatic heterocycles. The molecule has 116 valence electrons. The number of amides is 1. The highest BCUT2D eigenvalue weighted by Gasteiger charge is 2.35. The third-order valence-corrected chi connectivity index (χ3v) is 4.33. The van der Waals surface area contributed by atoms with E-state index in [9.17, 15) is 4.79 Å². The highest BCUT2D eigenvalue weighted by Crippen LogP contribution is 2.29. The number of likely N-dealkylation sites (tertiary alicyclic amines) is 1. The minimum absolute atomic E-state index is 0.0813. The zero-order valence-electron chi connectivity index (χ0n) is 12.5. The lowest BCUT2D eigenvalue weighted by Gasteiger charge is -2.34. The van der Waals surface area contributed by atoms with Crippen LogP contribution in [0.1, 0.15) is 55.4 Å². The van der Waals surface area contributed by atoms with Crippen LogP contribution in [0.2, 0.25) is 0 Å². The Bertz CT molecular complexity index is 549. The molecule has 1 aliphatic rings. The monoisotopic (exact) mass is 311 g/mol. The van der Waals surface area contributed by atoms with Crippen LogP contribution in [-0.2, 0) is 5.41 Å². The molecular formula is C13H21N5O2S. The molecule has 3 N–H and O–H groups in total. The number of oxime groups is 1. The van der Waals surface area contributed by atoms with E-state index >= 15 is 0 Å². The van der Waals surface area contributed by atoms with Crippen LogP contribution in [0.4, 0.5) is 0 Å². The van der Waals surface area contributed by atoms with Gasteiger partial charge >= 0.3 is 0 Å². The lowest BCUT2D eigenvalue weighted by Crippen LogP contribution is -2.50. The first-order valence-corrected chi connectivity index (χ1v) is 7.75. The van der Waals surface area contributed by atoms with Crippen molar-refractivity contribution in [1.29, 1.82) is 0 Å². The molecule has 0 aromatic carbocycles. The van der Waals surface area contributed by atoms with Crippen LogP contribution in [0.3, 0.4) is 0 Å². The summed E-state index contributed by atoms with van der Waals surface area (Å²) in [5.41, 5.74) is 6.18. The number of carbonyl (C=O) groups excluding carboxylic acids is 1. The van der Waals surface area contributed by atoms with Crippen molar-refractivity contribution in [3.8, 4) is 0 Å². The molecule has 0 saturated carbocycles. The number of amidine groups is 1. The van der Waals surface area contributed by atoms with Gasteiger partial charge in [-0.3, -0.25) is 4.79 Å². The fourth-order valence-corrected chi connectivity index (χ4v) is 3.33. The molecule has 0 bridgehead atoms. The summed E-state index contributed by atoms with van der Waals surface area (Å²) >= 11 is 1.10. The first kappa shape index (κ1) is 15.7. The minimum atomic E-state index is -0.355. The molecule has 0 spiro atoms. The molecular weight excluding hydrogens is 290 g/mol. The van der Waals surface area contributed by atoms with E-state index in [0.29, 0.717) is 23.5 Å². The summed E-state index contributed by atoms with van der Waals surface area (Å²) in [4.78, 5) is 15.0. The number of nitrogens with two attached hydrogens (primary N) is 1. The Morgan fingerprint density at radius 3 is 2.81 bits per heavy atom. The molecule has 1 atom stereocenters. The van der Waals surface area contributed by atoms with Gasteiger partial charge in [0.1, 0.15) is 4.88 Å². The van der Waals surface area contributed by atoms with Crippen molar-refractivity contribution in [1.82, 2.24) is 14.5 Å². The SMILES string of the molecule is CC(C)(C)c1nnsc1C(=O)N1CCCCC1C(N)=NO. The quantitative estimate of drug-likeness (QED) is 0.373. The zero-order chi connectivity index (χ0) is 15.6. The first-order valence-electron chi connectivity index (χ1n) is 6.97. The largest absolute Gasteiger partial charge is 0.409 e. The fourth-order valence-electron chi connectivity index (χ4n) is 2.50. The second kappa shape index (κ2) is 5.97. The third kappa shape index (κ3) is 3.15. The maximum absolute atomic E-state index is 12.8. The van der Waals surface area contributed by atoms with Crippen LogP contribution in [0.25, 0.3) is 0 Å². The van der Waals surface area contributed by atoms with Crippen molar-refractivity contribution in [2.45, 2.75) is 51.5 Å². The van der Waals surface area contributed by atoms with Gasteiger partial charge in [-0.2, -0.15) is 0 Å². The maximum atomic E-state index is 12.8. The van der Waals surface area contributed by atoms with Gasteiger partial charge in [0, 0.05) is 12.0 Å². The zero-order valence-corrected chi connectivity index (χ0v) is 13.4. The molecule has 1 unspecified atom stereocenters. The average molecular weight is 311 g/mol. The topological polar surface area (TPSA) is 105 Å². The van der Waals surface area contributed by atoms with Gasteiger partial charge < -0.3 is 15.8 Å². The predicted molar refractivity (Wildman–Crippen MR) is 80.7 cm³/mol. The number of piperidine rings is 1. The normalized spacial score (nSPS) is 20.6. The summed E-state index contributed by atoms with van der Waals surface area (Å²) in [7, 11) is 0. The summed E-state index contributed by atoms with van der Waals surface area (Å²) in [6.07, 6.45) is 2.58. The predicted octanol–water partition coefficient (Wildman–Crippen LogP) is 1.58. The highest BCUT2D eigenvalue weighted by atomic mass is 32.1. The molecule has 2 heterocycles. The second-order valence-electron chi connectivity index (χ2n) is 6.24. The lowest BCUT2D eigenvalue weighted by molar-refractivity contribution is 0.0679. The number of hydrogen-bond acceptors (Lipinski definition) is 6. The summed E-state index contributed by atoms with van der Waals surface area (Å²) in [6, 6.07) is -0.355. The number of aromatic nitrogens is 2. The third-order valence-electron chi connectivity index (χ3n) is 3.61. The highest BCUT2D eigenvalue weighted by molar-refractivity contribution is 7.08. The Morgan fingerprint density at radius 1 is 1.48 bits per heavy atom. The molecule has 2 rings (SSSR count). The van der Waals surface area contributed by atoms with Gasteiger partial charge in [-0.25, -0.2) is 0 Å². The molecule has 0 aliphatic carbocycles. The lowest BCUT2D eigenvalue weighted by atomic mass is 9.91. The smallest absolute Gasteiger partial charge is 0.268 e. The van der Waals surface area contributed by atoms with Gasteiger partial charge in [-0.15, -0.1) is 5.10 Å². The van der Waals surface area contributed by atoms with Gasteiger partial charge in [-0.05, 0) is 30.8 Å². The number of rotatable bonds is 2. The Hall–Kier alpha value is -1.70. The molecule has 8 heteroatoms. The summed E-state index contributed by atoms with van der Waals surface area (Å²) in [5.74, 6) is -0.0518. The molecule has 7 nitrogen and oxygen atoms in total. The second-order valence-corrected chi connectivity index (χ2v) is 6.99. The van der Waals surface area contributed by atoms with Gasteiger partial charge in [-0.1, -0.05) is 30.4 Å². The molecule has 0 radical (unpaired) electrons. The Morgan fingerprint density at radius 2 is 2.19 bits per heavy atom. The molecule has 1 fully saturated rings. The van der Waals surface area contributed by atoms with E-state index in [2.05, 4.69) is 14.7 Å². The van der Waals surface area contributed by atoms with Crippen molar-refractivity contribution < 1.29 is 10.0 Å². The summed E-state index contributed by atoms with van der Waals surface area (Å²) < 4.78 is 3.93. The fraction of sp³-hybridized carbons (Fsp3) is 0.692. The van der Waals surface area contributed by atoms with E-state index in [-0.39, 0.29) is 23.2 Å². The summed E-state index contributed by atoms with van der Waals surface area (Å²) in [5, 5.41) is 16.1. The van der Waals surface area contributed by atoms with E-state index in [1.54, 1.807) is 4.90 Å². The van der Waals surface area contributed by atoms with E-state index in [1.807, 2.05) is 20.8 Å². The van der Waals surface area contributed by atoms with Gasteiger partial charge in [0.15, 0.2) is 5.84 Å². The molecule has 1 aromatic rings. The van der Waals surface area contributed by atoms with E-state index < -0.39 is 0 Å². The van der Waals surface area contributed by atoms with E-state index in [4.69, 9.17) is 10.9 Å². The number of carbonyl (C=O) groups is 1. The maximum Gasteiger partial charge on any atom is 0.268 e. The van der Waals surface area contributed by atoms with Crippen molar-refractivity contribution in [2.24, 2.45) is 10.9 Å².